The number of hydrogen-bond donors (Lipinski definition) is 3. The number of piperidine rings is 1. The molecule has 3 heterocycles. The van der Waals surface area contributed by atoms with E-state index in [1.165, 1.54) is 13.1 Å². The molecule has 2 aromatic heterocycles. The maximum Gasteiger partial charge on any atom is 0.261 e. The van der Waals surface area contributed by atoms with Gasteiger partial charge >= 0.3 is 0 Å². The van der Waals surface area contributed by atoms with E-state index in [9.17, 15) is 24.0 Å². The van der Waals surface area contributed by atoms with Crippen LogP contribution in [0.2, 0.25) is 0 Å². The zero-order valence-electron chi connectivity index (χ0n) is 36.0. The molecule has 1 aliphatic rings. The smallest absolute Gasteiger partial charge is 0.261 e. The summed E-state index contributed by atoms with van der Waals surface area (Å²) in [4.78, 5) is 68.6. The molecular formula is C45H57N7O10. The van der Waals surface area contributed by atoms with Crippen molar-refractivity contribution in [3.05, 3.63) is 93.9 Å². The van der Waals surface area contributed by atoms with Crippen molar-refractivity contribution >= 4 is 35.3 Å². The van der Waals surface area contributed by atoms with Crippen molar-refractivity contribution in [3.63, 3.8) is 0 Å². The third kappa shape index (κ3) is 12.0. The third-order valence-electron chi connectivity index (χ3n) is 10.7. The number of imide groups is 1. The summed E-state index contributed by atoms with van der Waals surface area (Å²) in [5.74, 6) is 0.598. The highest BCUT2D eigenvalue weighted by molar-refractivity contribution is 6.04. The first-order valence-electron chi connectivity index (χ1n) is 20.5. The summed E-state index contributed by atoms with van der Waals surface area (Å²) in [6.45, 7) is 5.68. The molecule has 5 rings (SSSR count). The molecule has 1 fully saturated rings. The number of likely N-dealkylation sites (N-methyl/N-ethyl adjacent to an activating group) is 1. The number of nitrogens with one attached hydrogen (secondary N) is 2. The number of carbonyl (C=O) groups is 4. The fourth-order valence-electron chi connectivity index (χ4n) is 7.32. The molecule has 17 nitrogen and oxygen atoms in total. The Kier molecular flexibility index (Phi) is 17.4. The second-order valence-corrected chi connectivity index (χ2v) is 14.8. The molecule has 3 amide bonds. The number of carbonyl (C=O) groups excluding carboxylic acids is 4. The predicted molar refractivity (Wildman–Crippen MR) is 233 cm³/mol. The van der Waals surface area contributed by atoms with Crippen molar-refractivity contribution in [2.45, 2.75) is 51.3 Å². The van der Waals surface area contributed by atoms with E-state index in [-0.39, 0.29) is 43.3 Å². The summed E-state index contributed by atoms with van der Waals surface area (Å²) < 4.78 is 30.9. The first-order chi connectivity index (χ1) is 30.0. The fraction of sp³-hybridized carbons (Fsp3) is 0.422. The minimum absolute atomic E-state index is 0.0117. The SMILES string of the molecule is CNC(=O)C(CCC=O)N(C=O)C(=O)c1cc(OCCOCCN/C=C(\N)COC2CCN(Cc3c(OC)cc(-c4cn(C)c(=O)c5cnccc45)cc3OC)CC2)ccc1C. The zero-order chi connectivity index (χ0) is 44.6. The number of hydrogen-bond acceptors (Lipinski definition) is 14. The van der Waals surface area contributed by atoms with Gasteiger partial charge in [-0.15, -0.1) is 0 Å². The van der Waals surface area contributed by atoms with Crippen LogP contribution in [0.3, 0.4) is 0 Å². The Morgan fingerprint density at radius 3 is 2.45 bits per heavy atom. The van der Waals surface area contributed by atoms with Crippen molar-refractivity contribution in [1.82, 2.24) is 30.0 Å². The van der Waals surface area contributed by atoms with E-state index < -0.39 is 17.9 Å². The molecule has 1 aliphatic heterocycles. The van der Waals surface area contributed by atoms with Crippen molar-refractivity contribution < 1.29 is 42.9 Å². The standard InChI is InChI=1S/C45H57N7O10/c1-30-8-9-34(23-36(30)45(57)52(29-54)40(7-6-17-53)43(55)47-2)61-20-19-60-18-14-49-24-32(46)28-62-33-11-15-51(16-12-33)27-39-41(58-4)21-31(22-42(39)59-5)38-26-50(3)44(56)37-25-48-13-10-35(37)38/h8-10,13,17,21-26,29,33,40,49H,6-7,11-12,14-16,18-20,27-28,46H2,1-5H3,(H,47,55)/b32-24-. The van der Waals surface area contributed by atoms with Gasteiger partial charge in [-0.25, -0.2) is 0 Å². The van der Waals surface area contributed by atoms with Gasteiger partial charge in [0.1, 0.15) is 36.2 Å². The number of aldehydes is 1. The molecule has 332 valence electrons. The number of aryl methyl sites for hydroxylation is 2. The number of nitrogens with two attached hydrogens (primary N) is 1. The van der Waals surface area contributed by atoms with Crippen molar-refractivity contribution in [1.29, 1.82) is 0 Å². The van der Waals surface area contributed by atoms with E-state index in [0.29, 0.717) is 72.9 Å². The van der Waals surface area contributed by atoms with Crippen LogP contribution in [0, 0.1) is 6.92 Å². The van der Waals surface area contributed by atoms with E-state index >= 15 is 0 Å². The summed E-state index contributed by atoms with van der Waals surface area (Å²) in [5.41, 5.74) is 10.2. The topological polar surface area (TPSA) is 206 Å². The predicted octanol–water partition coefficient (Wildman–Crippen LogP) is 3.08. The highest BCUT2D eigenvalue weighted by Gasteiger charge is 2.30. The lowest BCUT2D eigenvalue weighted by Crippen LogP contribution is -2.48. The van der Waals surface area contributed by atoms with Crippen LogP contribution >= 0.6 is 0 Å². The number of nitrogens with zero attached hydrogens (tertiary/aromatic N) is 4. The van der Waals surface area contributed by atoms with Gasteiger partial charge in [0.05, 0.1) is 56.8 Å². The van der Waals surface area contributed by atoms with Gasteiger partial charge in [0.25, 0.3) is 11.5 Å². The van der Waals surface area contributed by atoms with Gasteiger partial charge in [0.2, 0.25) is 12.3 Å². The average molecular weight is 856 g/mol. The number of rotatable bonds is 23. The number of benzene rings is 2. The lowest BCUT2D eigenvalue weighted by atomic mass is 9.98. The third-order valence-corrected chi connectivity index (χ3v) is 10.7. The van der Waals surface area contributed by atoms with Gasteiger partial charge in [-0.2, -0.15) is 0 Å². The Balaban J connectivity index is 1.02. The minimum Gasteiger partial charge on any atom is -0.496 e. The molecule has 0 aliphatic carbocycles. The first-order valence-corrected chi connectivity index (χ1v) is 20.5. The van der Waals surface area contributed by atoms with Gasteiger partial charge in [-0.3, -0.25) is 34.0 Å². The number of pyridine rings is 2. The lowest BCUT2D eigenvalue weighted by molar-refractivity contribution is -0.131. The van der Waals surface area contributed by atoms with Crippen LogP contribution < -0.4 is 36.1 Å². The summed E-state index contributed by atoms with van der Waals surface area (Å²) >= 11 is 0. The van der Waals surface area contributed by atoms with Crippen LogP contribution in [0.5, 0.6) is 17.2 Å². The van der Waals surface area contributed by atoms with Crippen LogP contribution in [-0.4, -0.2) is 123 Å². The van der Waals surface area contributed by atoms with E-state index in [1.807, 2.05) is 24.4 Å². The number of ether oxygens (including phenoxy) is 5. The average Bonchev–Trinajstić information content (AvgIpc) is 3.29. The Bertz CT molecular complexity index is 2250. The Morgan fingerprint density at radius 2 is 1.77 bits per heavy atom. The Labute approximate surface area is 361 Å². The molecule has 0 bridgehead atoms. The molecular weight excluding hydrogens is 799 g/mol. The monoisotopic (exact) mass is 855 g/mol. The summed E-state index contributed by atoms with van der Waals surface area (Å²) in [7, 11) is 6.43. The Hall–Kier alpha value is -6.30. The van der Waals surface area contributed by atoms with Crippen LogP contribution in [-0.2, 0) is 37.4 Å². The number of amides is 3. The molecule has 1 saturated heterocycles. The van der Waals surface area contributed by atoms with Crippen LogP contribution in [0.25, 0.3) is 21.9 Å². The van der Waals surface area contributed by atoms with Crippen molar-refractivity contribution in [2.75, 3.05) is 67.3 Å². The molecule has 0 spiro atoms. The summed E-state index contributed by atoms with van der Waals surface area (Å²) in [6.07, 6.45) is 9.54. The summed E-state index contributed by atoms with van der Waals surface area (Å²) in [5, 5.41) is 6.93. The van der Waals surface area contributed by atoms with E-state index in [2.05, 4.69) is 20.5 Å². The molecule has 0 radical (unpaired) electrons. The second-order valence-electron chi connectivity index (χ2n) is 14.8. The number of fused-ring (bicyclic) bond motifs is 1. The van der Waals surface area contributed by atoms with Crippen LogP contribution in [0.15, 0.2) is 71.7 Å². The van der Waals surface area contributed by atoms with Gasteiger partial charge in [-0.1, -0.05) is 6.07 Å². The molecule has 4 N–H and O–H groups in total. The zero-order valence-corrected chi connectivity index (χ0v) is 36.0. The van der Waals surface area contributed by atoms with Gasteiger partial charge in [-0.05, 0) is 73.0 Å². The molecule has 0 saturated carbocycles. The quantitative estimate of drug-likeness (QED) is 0.0725. The fourth-order valence-corrected chi connectivity index (χ4v) is 7.32. The minimum atomic E-state index is -1.12. The molecule has 17 heteroatoms. The highest BCUT2D eigenvalue weighted by Crippen LogP contribution is 2.38. The van der Waals surface area contributed by atoms with E-state index in [4.69, 9.17) is 29.4 Å². The largest absolute Gasteiger partial charge is 0.496 e. The summed E-state index contributed by atoms with van der Waals surface area (Å²) in [6, 6.07) is 9.62. The Morgan fingerprint density at radius 1 is 1.03 bits per heavy atom. The normalized spacial score (nSPS) is 13.9. The molecule has 2 aromatic carbocycles. The van der Waals surface area contributed by atoms with Gasteiger partial charge < -0.3 is 49.4 Å². The number of likely N-dealkylation sites (tertiary alicyclic amines) is 1. The van der Waals surface area contributed by atoms with Crippen molar-refractivity contribution in [2.24, 2.45) is 12.8 Å². The molecule has 62 heavy (non-hydrogen) atoms. The number of methoxy groups -OCH3 is 2. The number of aromatic nitrogens is 2. The molecule has 1 atom stereocenters. The van der Waals surface area contributed by atoms with E-state index in [0.717, 1.165) is 52.9 Å². The second kappa shape index (κ2) is 23.1. The maximum atomic E-state index is 13.3. The van der Waals surface area contributed by atoms with Crippen LogP contribution in [0.1, 0.15) is 47.2 Å². The van der Waals surface area contributed by atoms with Crippen LogP contribution in [0.4, 0.5) is 0 Å². The maximum absolute atomic E-state index is 13.3. The van der Waals surface area contributed by atoms with Gasteiger partial charge in [0.15, 0.2) is 0 Å². The first kappa shape index (κ1) is 46.8. The lowest BCUT2D eigenvalue weighted by Gasteiger charge is -2.32. The van der Waals surface area contributed by atoms with Gasteiger partial charge in [0, 0.05) is 82.6 Å². The van der Waals surface area contributed by atoms with E-state index in [1.54, 1.807) is 63.5 Å². The molecule has 4 aromatic rings. The highest BCUT2D eigenvalue weighted by atomic mass is 16.5. The van der Waals surface area contributed by atoms with Crippen molar-refractivity contribution in [3.8, 4) is 28.4 Å². The molecule has 1 unspecified atom stereocenters.